The standard InChI is InChI=1S/C11H17N3O3S/c1-8-9(14-11(15)6-3-7-12)4-2-5-10(8)18(13,16)17/h2,4-5H,3,6-7,12H2,1H3,(H,14,15)(H2,13,16,17). The quantitative estimate of drug-likeness (QED) is 0.715. The first-order valence-corrected chi connectivity index (χ1v) is 7.03. The van der Waals surface area contributed by atoms with Crippen LogP contribution in [0, 0.1) is 6.92 Å². The molecule has 100 valence electrons. The molecule has 0 aliphatic rings. The van der Waals surface area contributed by atoms with E-state index in [1.807, 2.05) is 0 Å². The van der Waals surface area contributed by atoms with Crippen LogP contribution in [0.4, 0.5) is 5.69 Å². The van der Waals surface area contributed by atoms with E-state index in [9.17, 15) is 13.2 Å². The number of nitrogens with two attached hydrogens (primary N) is 2. The molecule has 0 saturated carbocycles. The van der Waals surface area contributed by atoms with Gasteiger partial charge in [-0.3, -0.25) is 4.79 Å². The number of carbonyl (C=O) groups excluding carboxylic acids is 1. The van der Waals surface area contributed by atoms with E-state index in [4.69, 9.17) is 10.9 Å². The molecule has 7 heteroatoms. The molecule has 18 heavy (non-hydrogen) atoms. The molecular weight excluding hydrogens is 254 g/mol. The van der Waals surface area contributed by atoms with Gasteiger partial charge in [0.05, 0.1) is 4.90 Å². The van der Waals surface area contributed by atoms with Crippen LogP contribution in [-0.4, -0.2) is 20.9 Å². The molecule has 0 fully saturated rings. The van der Waals surface area contributed by atoms with Gasteiger partial charge >= 0.3 is 0 Å². The Morgan fingerprint density at radius 2 is 2.06 bits per heavy atom. The summed E-state index contributed by atoms with van der Waals surface area (Å²) < 4.78 is 22.6. The normalized spacial score (nSPS) is 11.3. The topological polar surface area (TPSA) is 115 Å². The SMILES string of the molecule is Cc1c(NC(=O)CCCN)cccc1S(N)(=O)=O. The van der Waals surface area contributed by atoms with Gasteiger partial charge in [0.2, 0.25) is 15.9 Å². The van der Waals surface area contributed by atoms with Crippen molar-refractivity contribution in [3.05, 3.63) is 23.8 Å². The summed E-state index contributed by atoms with van der Waals surface area (Å²) in [5, 5.41) is 7.72. The lowest BCUT2D eigenvalue weighted by Gasteiger charge is -2.11. The number of sulfonamides is 1. The van der Waals surface area contributed by atoms with E-state index in [1.54, 1.807) is 13.0 Å². The highest BCUT2D eigenvalue weighted by atomic mass is 32.2. The Kier molecular flexibility index (Phi) is 4.83. The van der Waals surface area contributed by atoms with Crippen LogP contribution < -0.4 is 16.2 Å². The molecule has 1 amide bonds. The van der Waals surface area contributed by atoms with Gasteiger partial charge < -0.3 is 11.1 Å². The van der Waals surface area contributed by atoms with Crippen molar-refractivity contribution in [1.82, 2.24) is 0 Å². The zero-order valence-corrected chi connectivity index (χ0v) is 11.0. The van der Waals surface area contributed by atoms with E-state index in [0.29, 0.717) is 30.6 Å². The van der Waals surface area contributed by atoms with Crippen molar-refractivity contribution >= 4 is 21.6 Å². The maximum atomic E-state index is 11.5. The summed E-state index contributed by atoms with van der Waals surface area (Å²) in [6.07, 6.45) is 0.884. The molecule has 0 aliphatic carbocycles. The Bertz CT molecular complexity index is 540. The minimum atomic E-state index is -3.78. The molecule has 0 atom stereocenters. The molecule has 0 spiro atoms. The second-order valence-electron chi connectivity index (χ2n) is 3.91. The van der Waals surface area contributed by atoms with Gasteiger partial charge in [-0.05, 0) is 37.6 Å². The average Bonchev–Trinajstić information content (AvgIpc) is 2.27. The lowest BCUT2D eigenvalue weighted by atomic mass is 10.2. The molecule has 0 radical (unpaired) electrons. The smallest absolute Gasteiger partial charge is 0.238 e. The molecule has 1 rings (SSSR count). The van der Waals surface area contributed by atoms with E-state index >= 15 is 0 Å². The van der Waals surface area contributed by atoms with Crippen LogP contribution in [0.3, 0.4) is 0 Å². The van der Waals surface area contributed by atoms with Gasteiger partial charge in [-0.15, -0.1) is 0 Å². The molecule has 1 aromatic rings. The van der Waals surface area contributed by atoms with Crippen molar-refractivity contribution in [2.45, 2.75) is 24.7 Å². The van der Waals surface area contributed by atoms with Crippen molar-refractivity contribution in [3.8, 4) is 0 Å². The second-order valence-corrected chi connectivity index (χ2v) is 5.44. The van der Waals surface area contributed by atoms with Crippen molar-refractivity contribution in [3.63, 3.8) is 0 Å². The highest BCUT2D eigenvalue weighted by molar-refractivity contribution is 7.89. The Morgan fingerprint density at radius 3 is 2.61 bits per heavy atom. The molecule has 1 aromatic carbocycles. The van der Waals surface area contributed by atoms with Crippen LogP contribution in [0.2, 0.25) is 0 Å². The third-order valence-electron chi connectivity index (χ3n) is 2.47. The first kappa shape index (κ1) is 14.6. The Labute approximate surface area is 106 Å². The number of amides is 1. The molecule has 0 unspecified atom stereocenters. The summed E-state index contributed by atoms with van der Waals surface area (Å²) in [5.74, 6) is -0.199. The monoisotopic (exact) mass is 271 g/mol. The van der Waals surface area contributed by atoms with Crippen LogP contribution in [0.15, 0.2) is 23.1 Å². The summed E-state index contributed by atoms with van der Waals surface area (Å²) in [4.78, 5) is 11.6. The Morgan fingerprint density at radius 1 is 1.39 bits per heavy atom. The summed E-state index contributed by atoms with van der Waals surface area (Å²) in [7, 11) is -3.78. The largest absolute Gasteiger partial charge is 0.330 e. The maximum absolute atomic E-state index is 11.5. The molecule has 0 aliphatic heterocycles. The van der Waals surface area contributed by atoms with E-state index < -0.39 is 10.0 Å². The van der Waals surface area contributed by atoms with E-state index in [2.05, 4.69) is 5.32 Å². The van der Waals surface area contributed by atoms with Crippen molar-refractivity contribution < 1.29 is 13.2 Å². The number of primary sulfonamides is 1. The lowest BCUT2D eigenvalue weighted by Crippen LogP contribution is -2.17. The number of benzene rings is 1. The summed E-state index contributed by atoms with van der Waals surface area (Å²) in [5.41, 5.74) is 6.18. The maximum Gasteiger partial charge on any atom is 0.238 e. The Balaban J connectivity index is 2.95. The van der Waals surface area contributed by atoms with E-state index in [-0.39, 0.29) is 10.8 Å². The van der Waals surface area contributed by atoms with Gasteiger partial charge in [-0.25, -0.2) is 13.6 Å². The van der Waals surface area contributed by atoms with E-state index in [0.717, 1.165) is 0 Å². The van der Waals surface area contributed by atoms with Crippen LogP contribution in [0.1, 0.15) is 18.4 Å². The molecule has 0 bridgehead atoms. The van der Waals surface area contributed by atoms with Gasteiger partial charge in [0.25, 0.3) is 0 Å². The summed E-state index contributed by atoms with van der Waals surface area (Å²) in [6.45, 7) is 2.03. The molecule has 0 aromatic heterocycles. The number of carbonyl (C=O) groups is 1. The molecule has 0 saturated heterocycles. The van der Waals surface area contributed by atoms with Gasteiger partial charge in [0.1, 0.15) is 0 Å². The first-order chi connectivity index (χ1) is 8.36. The zero-order valence-electron chi connectivity index (χ0n) is 10.1. The summed E-state index contributed by atoms with van der Waals surface area (Å²) >= 11 is 0. The number of hydrogen-bond donors (Lipinski definition) is 3. The number of hydrogen-bond acceptors (Lipinski definition) is 4. The van der Waals surface area contributed by atoms with Gasteiger partial charge in [-0.2, -0.15) is 0 Å². The second kappa shape index (κ2) is 5.94. The Hall–Kier alpha value is -1.44. The lowest BCUT2D eigenvalue weighted by molar-refractivity contribution is -0.116. The molecule has 0 heterocycles. The highest BCUT2D eigenvalue weighted by Gasteiger charge is 2.14. The van der Waals surface area contributed by atoms with E-state index in [1.165, 1.54) is 12.1 Å². The molecule has 5 N–H and O–H groups in total. The van der Waals surface area contributed by atoms with Crippen molar-refractivity contribution in [2.75, 3.05) is 11.9 Å². The number of nitrogens with one attached hydrogen (secondary N) is 1. The fourth-order valence-electron chi connectivity index (χ4n) is 1.53. The number of anilines is 1. The zero-order chi connectivity index (χ0) is 13.8. The minimum absolute atomic E-state index is 0.0131. The molecular formula is C11H17N3O3S. The van der Waals surface area contributed by atoms with Crippen molar-refractivity contribution in [1.29, 1.82) is 0 Å². The predicted octanol–water partition coefficient (Wildman–Crippen LogP) is 0.320. The predicted molar refractivity (Wildman–Crippen MR) is 69.5 cm³/mol. The van der Waals surface area contributed by atoms with Gasteiger partial charge in [0.15, 0.2) is 0 Å². The van der Waals surface area contributed by atoms with Crippen LogP contribution in [-0.2, 0) is 14.8 Å². The minimum Gasteiger partial charge on any atom is -0.330 e. The fourth-order valence-corrected chi connectivity index (χ4v) is 2.34. The number of rotatable bonds is 5. The van der Waals surface area contributed by atoms with Crippen LogP contribution in [0.5, 0.6) is 0 Å². The van der Waals surface area contributed by atoms with Gasteiger partial charge in [0, 0.05) is 12.1 Å². The average molecular weight is 271 g/mol. The first-order valence-electron chi connectivity index (χ1n) is 5.48. The summed E-state index contributed by atoms with van der Waals surface area (Å²) in [6, 6.07) is 4.57. The third-order valence-corrected chi connectivity index (χ3v) is 3.53. The molecule has 6 nitrogen and oxygen atoms in total. The van der Waals surface area contributed by atoms with Crippen LogP contribution >= 0.6 is 0 Å². The third kappa shape index (κ3) is 3.80. The van der Waals surface area contributed by atoms with Gasteiger partial charge in [-0.1, -0.05) is 6.07 Å². The van der Waals surface area contributed by atoms with Crippen molar-refractivity contribution in [2.24, 2.45) is 10.9 Å². The fraction of sp³-hybridized carbons (Fsp3) is 0.364. The highest BCUT2D eigenvalue weighted by Crippen LogP contribution is 2.22. The van der Waals surface area contributed by atoms with Crippen LogP contribution in [0.25, 0.3) is 0 Å².